The molecule has 19 heavy (non-hydrogen) atoms. The molecular formula is C13H11Br2ClN2O. The molecule has 0 heterocycles. The van der Waals surface area contributed by atoms with Crippen LogP contribution in [0.5, 0.6) is 5.75 Å². The van der Waals surface area contributed by atoms with Crippen molar-refractivity contribution in [1.29, 1.82) is 0 Å². The molecule has 0 saturated carbocycles. The molecule has 3 nitrogen and oxygen atoms in total. The second-order valence-corrected chi connectivity index (χ2v) is 5.95. The van der Waals surface area contributed by atoms with E-state index in [0.717, 1.165) is 26.1 Å². The van der Waals surface area contributed by atoms with Gasteiger partial charge in [0, 0.05) is 16.2 Å². The zero-order valence-corrected chi connectivity index (χ0v) is 13.9. The number of nitrogens with one attached hydrogen (secondary N) is 1. The average molecular weight is 407 g/mol. The fourth-order valence-electron chi connectivity index (χ4n) is 1.56. The summed E-state index contributed by atoms with van der Waals surface area (Å²) < 4.78 is 7.03. The summed E-state index contributed by atoms with van der Waals surface area (Å²) in [7, 11) is 1.62. The van der Waals surface area contributed by atoms with Crippen molar-refractivity contribution in [3.8, 4) is 5.75 Å². The van der Waals surface area contributed by atoms with Crippen molar-refractivity contribution in [1.82, 2.24) is 0 Å². The molecule has 2 rings (SSSR count). The zero-order chi connectivity index (χ0) is 14.0. The second-order valence-electron chi connectivity index (χ2n) is 3.83. The van der Waals surface area contributed by atoms with Crippen LogP contribution in [0.4, 0.5) is 17.1 Å². The van der Waals surface area contributed by atoms with E-state index in [-0.39, 0.29) is 0 Å². The van der Waals surface area contributed by atoms with Crippen LogP contribution in [0.15, 0.2) is 39.3 Å². The normalized spacial score (nSPS) is 10.3. The van der Waals surface area contributed by atoms with E-state index in [1.807, 2.05) is 18.2 Å². The Labute approximate surface area is 133 Å². The molecule has 0 aliphatic carbocycles. The number of nitrogen functional groups attached to an aromatic ring is 1. The molecule has 0 bridgehead atoms. The van der Waals surface area contributed by atoms with E-state index in [2.05, 4.69) is 37.2 Å². The van der Waals surface area contributed by atoms with Crippen molar-refractivity contribution in [3.63, 3.8) is 0 Å². The minimum Gasteiger partial charge on any atom is -0.495 e. The maximum Gasteiger partial charge on any atom is 0.135 e. The van der Waals surface area contributed by atoms with E-state index in [9.17, 15) is 0 Å². The fraction of sp³-hybridized carbons (Fsp3) is 0.0769. The van der Waals surface area contributed by atoms with Crippen molar-refractivity contribution in [2.24, 2.45) is 0 Å². The molecule has 0 fully saturated rings. The minimum atomic E-state index is 0.564. The first-order valence-electron chi connectivity index (χ1n) is 5.36. The molecule has 2 aromatic rings. The Bertz CT molecular complexity index is 620. The summed E-state index contributed by atoms with van der Waals surface area (Å²) in [5.41, 5.74) is 7.93. The number of nitrogens with two attached hydrogens (primary N) is 1. The summed E-state index contributed by atoms with van der Waals surface area (Å²) in [5, 5.41) is 3.80. The predicted molar refractivity (Wildman–Crippen MR) is 87.5 cm³/mol. The van der Waals surface area contributed by atoms with Gasteiger partial charge in [-0.1, -0.05) is 11.6 Å². The van der Waals surface area contributed by atoms with Gasteiger partial charge in [-0.2, -0.15) is 0 Å². The summed E-state index contributed by atoms with van der Waals surface area (Å²) in [6.07, 6.45) is 0. The van der Waals surface area contributed by atoms with Gasteiger partial charge in [0.15, 0.2) is 0 Å². The van der Waals surface area contributed by atoms with Crippen molar-refractivity contribution >= 4 is 60.5 Å². The van der Waals surface area contributed by atoms with Crippen molar-refractivity contribution < 1.29 is 4.74 Å². The van der Waals surface area contributed by atoms with E-state index in [4.69, 9.17) is 22.1 Å². The quantitative estimate of drug-likeness (QED) is 0.689. The van der Waals surface area contributed by atoms with Gasteiger partial charge in [0.1, 0.15) is 5.75 Å². The summed E-state index contributed by atoms with van der Waals surface area (Å²) in [6, 6.07) is 9.11. The van der Waals surface area contributed by atoms with Crippen molar-refractivity contribution in [2.45, 2.75) is 0 Å². The molecular weight excluding hydrogens is 395 g/mol. The number of rotatable bonds is 3. The van der Waals surface area contributed by atoms with Crippen molar-refractivity contribution in [2.75, 3.05) is 18.2 Å². The summed E-state index contributed by atoms with van der Waals surface area (Å²) in [4.78, 5) is 0. The van der Waals surface area contributed by atoms with E-state index in [1.54, 1.807) is 19.2 Å². The maximum atomic E-state index is 6.14. The lowest BCUT2D eigenvalue weighted by Gasteiger charge is -2.13. The number of hydrogen-bond donors (Lipinski definition) is 2. The number of anilines is 3. The van der Waals surface area contributed by atoms with Crippen LogP contribution in [-0.4, -0.2) is 7.11 Å². The van der Waals surface area contributed by atoms with Gasteiger partial charge in [0.05, 0.1) is 28.0 Å². The first-order chi connectivity index (χ1) is 9.01. The number of hydrogen-bond acceptors (Lipinski definition) is 3. The number of halogens is 3. The van der Waals surface area contributed by atoms with Crippen LogP contribution in [0.3, 0.4) is 0 Å². The third-order valence-electron chi connectivity index (χ3n) is 2.50. The Morgan fingerprint density at radius 3 is 2.47 bits per heavy atom. The van der Waals surface area contributed by atoms with Gasteiger partial charge < -0.3 is 15.8 Å². The molecule has 3 N–H and O–H groups in total. The lowest BCUT2D eigenvalue weighted by Crippen LogP contribution is -1.95. The highest BCUT2D eigenvalue weighted by Crippen LogP contribution is 2.37. The highest BCUT2D eigenvalue weighted by atomic mass is 79.9. The highest BCUT2D eigenvalue weighted by Gasteiger charge is 2.09. The lowest BCUT2D eigenvalue weighted by atomic mass is 10.2. The first kappa shape index (κ1) is 14.5. The SMILES string of the molecule is COc1cc(Nc2ccc(N)cc2Cl)c(Br)cc1Br. The summed E-state index contributed by atoms with van der Waals surface area (Å²) >= 11 is 13.1. The van der Waals surface area contributed by atoms with E-state index in [1.165, 1.54) is 0 Å². The van der Waals surface area contributed by atoms with Crippen LogP contribution in [0, 0.1) is 0 Å². The van der Waals surface area contributed by atoms with Gasteiger partial charge in [0.25, 0.3) is 0 Å². The van der Waals surface area contributed by atoms with Gasteiger partial charge in [-0.15, -0.1) is 0 Å². The average Bonchev–Trinajstić information content (AvgIpc) is 2.35. The number of ether oxygens (including phenoxy) is 1. The van der Waals surface area contributed by atoms with Crippen LogP contribution in [0.2, 0.25) is 5.02 Å². The minimum absolute atomic E-state index is 0.564. The van der Waals surface area contributed by atoms with Crippen LogP contribution >= 0.6 is 43.5 Å². The number of methoxy groups -OCH3 is 1. The number of benzene rings is 2. The second kappa shape index (κ2) is 6.03. The highest BCUT2D eigenvalue weighted by molar-refractivity contribution is 9.11. The molecule has 0 amide bonds. The smallest absolute Gasteiger partial charge is 0.135 e. The first-order valence-corrected chi connectivity index (χ1v) is 7.32. The Kier molecular flexibility index (Phi) is 4.60. The monoisotopic (exact) mass is 404 g/mol. The third kappa shape index (κ3) is 3.35. The molecule has 2 aromatic carbocycles. The molecule has 0 aliphatic rings. The Morgan fingerprint density at radius 1 is 1.11 bits per heavy atom. The van der Waals surface area contributed by atoms with Crippen LogP contribution in [0.25, 0.3) is 0 Å². The Hall–Kier alpha value is -0.910. The molecule has 100 valence electrons. The molecule has 0 atom stereocenters. The predicted octanol–water partition coefficient (Wildman–Crippen LogP) is 5.20. The molecule has 0 radical (unpaired) electrons. The molecule has 6 heteroatoms. The molecule has 0 spiro atoms. The summed E-state index contributed by atoms with van der Waals surface area (Å²) in [6.45, 7) is 0. The van der Waals surface area contributed by atoms with E-state index >= 15 is 0 Å². The third-order valence-corrected chi connectivity index (χ3v) is 4.09. The van der Waals surface area contributed by atoms with E-state index < -0.39 is 0 Å². The topological polar surface area (TPSA) is 47.3 Å². The molecule has 0 unspecified atom stereocenters. The van der Waals surface area contributed by atoms with Gasteiger partial charge in [-0.25, -0.2) is 0 Å². The lowest BCUT2D eigenvalue weighted by molar-refractivity contribution is 0.412. The van der Waals surface area contributed by atoms with Crippen LogP contribution < -0.4 is 15.8 Å². The van der Waals surface area contributed by atoms with Gasteiger partial charge >= 0.3 is 0 Å². The summed E-state index contributed by atoms with van der Waals surface area (Å²) in [5.74, 6) is 0.734. The van der Waals surface area contributed by atoms with Crippen LogP contribution in [-0.2, 0) is 0 Å². The van der Waals surface area contributed by atoms with Gasteiger partial charge in [-0.05, 0) is 56.1 Å². The standard InChI is InChI=1S/C13H11Br2ClN2O/c1-19-13-6-12(8(14)5-9(13)15)18-11-3-2-7(17)4-10(11)16/h2-6,18H,17H2,1H3. The Balaban J connectivity index is 2.37. The molecule has 0 aliphatic heterocycles. The van der Waals surface area contributed by atoms with Gasteiger partial charge in [-0.3, -0.25) is 0 Å². The fourth-order valence-corrected chi connectivity index (χ4v) is 3.05. The van der Waals surface area contributed by atoms with Crippen LogP contribution in [0.1, 0.15) is 0 Å². The van der Waals surface area contributed by atoms with E-state index in [0.29, 0.717) is 10.7 Å². The largest absolute Gasteiger partial charge is 0.495 e. The van der Waals surface area contributed by atoms with Gasteiger partial charge in [0.2, 0.25) is 0 Å². The Morgan fingerprint density at radius 2 is 1.84 bits per heavy atom. The molecule has 0 aromatic heterocycles. The zero-order valence-electron chi connectivity index (χ0n) is 10.0. The molecule has 0 saturated heterocycles. The van der Waals surface area contributed by atoms with Crippen molar-refractivity contribution in [3.05, 3.63) is 44.3 Å². The maximum absolute atomic E-state index is 6.14.